The van der Waals surface area contributed by atoms with E-state index in [1.807, 2.05) is 27.8 Å². The quantitative estimate of drug-likeness (QED) is 0.160. The summed E-state index contributed by atoms with van der Waals surface area (Å²) in [7, 11) is 1.82. The average Bonchev–Trinajstić information content (AvgIpc) is 3.89. The zero-order chi connectivity index (χ0) is 39.7. The summed E-state index contributed by atoms with van der Waals surface area (Å²) in [5, 5.41) is 18.7. The topological polar surface area (TPSA) is 127 Å². The number of thioether (sulfide) groups is 1. The van der Waals surface area contributed by atoms with Crippen molar-refractivity contribution < 1.29 is 19.7 Å². The number of H-pyrrole nitrogens is 2. The van der Waals surface area contributed by atoms with Crippen molar-refractivity contribution in [2.75, 3.05) is 26.0 Å². The molecule has 1 amide bonds. The molecule has 3 aliphatic heterocycles. The molecule has 0 radical (unpaired) electrons. The van der Waals surface area contributed by atoms with Gasteiger partial charge in [-0.2, -0.15) is 0 Å². The van der Waals surface area contributed by atoms with Gasteiger partial charge < -0.3 is 29.8 Å². The molecule has 4 atom stereocenters. The summed E-state index contributed by atoms with van der Waals surface area (Å²) in [5.74, 6) is 1.44. The summed E-state index contributed by atoms with van der Waals surface area (Å²) in [6.07, 6.45) is 7.10. The lowest BCUT2D eigenvalue weighted by Crippen LogP contribution is -2.36. The van der Waals surface area contributed by atoms with E-state index in [1.54, 1.807) is 16.7 Å². The maximum Gasteiger partial charge on any atom is 0.222 e. The molecule has 1 saturated heterocycles. The van der Waals surface area contributed by atoms with E-state index in [-0.39, 0.29) is 30.2 Å². The highest BCUT2D eigenvalue weighted by Crippen LogP contribution is 2.32. The van der Waals surface area contributed by atoms with Crippen LogP contribution in [0.4, 0.5) is 0 Å². The molecule has 0 saturated carbocycles. The van der Waals surface area contributed by atoms with Crippen molar-refractivity contribution in [1.29, 1.82) is 0 Å². The molecular weight excluding hydrogens is 695 g/mol. The molecule has 10 heteroatoms. The van der Waals surface area contributed by atoms with Crippen molar-refractivity contribution in [3.05, 3.63) is 68.8 Å². The first-order chi connectivity index (χ1) is 25.9. The fourth-order valence-electron chi connectivity index (χ4n) is 7.45. The van der Waals surface area contributed by atoms with Gasteiger partial charge in [0.15, 0.2) is 0 Å². The number of ether oxygens (including phenoxy) is 1. The second-order valence-electron chi connectivity index (χ2n) is 14.6. The van der Waals surface area contributed by atoms with Gasteiger partial charge in [0.2, 0.25) is 5.91 Å². The summed E-state index contributed by atoms with van der Waals surface area (Å²) in [6.45, 7) is 22.1. The van der Waals surface area contributed by atoms with Crippen LogP contribution in [0, 0.1) is 20.8 Å². The van der Waals surface area contributed by atoms with Crippen LogP contribution in [-0.2, 0) is 28.8 Å². The minimum Gasteiger partial charge on any atom is -0.394 e. The molecule has 1 fully saturated rings. The monoisotopic (exact) mass is 759 g/mol. The second-order valence-corrected chi connectivity index (χ2v) is 15.8. The molecule has 8 bridgehead atoms. The summed E-state index contributed by atoms with van der Waals surface area (Å²) < 4.78 is 5.65. The van der Waals surface area contributed by atoms with Crippen LogP contribution in [-0.4, -0.2) is 84.6 Å². The van der Waals surface area contributed by atoms with Gasteiger partial charge in [-0.1, -0.05) is 41.5 Å². The molecule has 6 rings (SSSR count). The lowest BCUT2D eigenvalue weighted by molar-refractivity contribution is -0.129. The lowest BCUT2D eigenvalue weighted by Gasteiger charge is -2.31. The van der Waals surface area contributed by atoms with E-state index in [0.717, 1.165) is 66.3 Å². The first-order valence-electron chi connectivity index (χ1n) is 20.1. The second kappa shape index (κ2) is 19.9. The van der Waals surface area contributed by atoms with Gasteiger partial charge in [0.25, 0.3) is 0 Å². The molecule has 9 nitrogen and oxygen atoms in total. The molecule has 3 aromatic heterocycles. The summed E-state index contributed by atoms with van der Waals surface area (Å²) in [4.78, 5) is 30.6. The van der Waals surface area contributed by atoms with Crippen LogP contribution in [0.25, 0.3) is 33.7 Å². The number of aliphatic hydroxyl groups excluding tert-OH is 2. The zero-order valence-electron chi connectivity index (χ0n) is 34.7. The molecule has 0 aromatic carbocycles. The molecular formula is C44H65N5O4S. The maximum absolute atomic E-state index is 11.4. The number of carbonyl (C=O) groups excluding carboxylic acids is 1. The van der Waals surface area contributed by atoms with Crippen molar-refractivity contribution in [3.63, 3.8) is 0 Å². The zero-order valence-corrected chi connectivity index (χ0v) is 35.5. The number of aliphatic hydroxyl groups is 2. The van der Waals surface area contributed by atoms with Gasteiger partial charge in [-0.15, -0.1) is 11.8 Å². The highest BCUT2D eigenvalue weighted by molar-refractivity contribution is 7.99. The Morgan fingerprint density at radius 2 is 1.56 bits per heavy atom. The smallest absolute Gasteiger partial charge is 0.222 e. The van der Waals surface area contributed by atoms with Crippen LogP contribution in [0.2, 0.25) is 0 Å². The number of hydrogen-bond donors (Lipinski definition) is 4. The average molecular weight is 760 g/mol. The molecule has 4 N–H and O–H groups in total. The van der Waals surface area contributed by atoms with E-state index in [1.165, 1.54) is 49.9 Å². The molecule has 54 heavy (non-hydrogen) atoms. The molecule has 0 spiro atoms. The Balaban J connectivity index is 0.000000265. The SMILES string of the molecule is CC.CCC(=O)N(C)CCCSC1CC(O)CC(CO)O1.CCc1c(C)c2cc3[nH]c(cc4nc(c(C)c5nc(cc1[nH]2)C(C)=C5)CC4C)c(C)c3CC. The Hall–Kier alpha value is -3.44. The van der Waals surface area contributed by atoms with Crippen molar-refractivity contribution in [1.82, 2.24) is 24.8 Å². The number of hydrogen-bond acceptors (Lipinski definition) is 7. The number of fused-ring (bicyclic) bond motifs is 8. The predicted octanol–water partition coefficient (Wildman–Crippen LogP) is 9.13. The molecule has 3 aliphatic rings. The predicted molar refractivity (Wildman–Crippen MR) is 227 cm³/mol. The number of aryl methyl sites for hydroxylation is 4. The third-order valence-electron chi connectivity index (χ3n) is 10.8. The van der Waals surface area contributed by atoms with Crippen molar-refractivity contribution >= 4 is 51.4 Å². The maximum atomic E-state index is 11.4. The normalized spacial score (nSPS) is 19.3. The van der Waals surface area contributed by atoms with Crippen LogP contribution >= 0.6 is 11.8 Å². The third-order valence-corrected chi connectivity index (χ3v) is 12.0. The van der Waals surface area contributed by atoms with Crippen molar-refractivity contribution in [2.24, 2.45) is 0 Å². The largest absolute Gasteiger partial charge is 0.394 e. The number of aromatic nitrogens is 4. The summed E-state index contributed by atoms with van der Waals surface area (Å²) in [6, 6.07) is 6.76. The van der Waals surface area contributed by atoms with E-state index in [0.29, 0.717) is 25.2 Å². The van der Waals surface area contributed by atoms with Crippen molar-refractivity contribution in [3.8, 4) is 0 Å². The highest BCUT2D eigenvalue weighted by Gasteiger charge is 2.28. The number of aromatic amines is 2. The molecule has 4 unspecified atom stereocenters. The fourth-order valence-corrected chi connectivity index (χ4v) is 8.60. The lowest BCUT2D eigenvalue weighted by atomic mass is 10.0. The summed E-state index contributed by atoms with van der Waals surface area (Å²) >= 11 is 1.65. The van der Waals surface area contributed by atoms with E-state index < -0.39 is 0 Å². The van der Waals surface area contributed by atoms with Crippen LogP contribution < -0.4 is 0 Å². The molecule has 6 heterocycles. The van der Waals surface area contributed by atoms with E-state index in [9.17, 15) is 9.90 Å². The highest BCUT2D eigenvalue weighted by atomic mass is 32.2. The number of nitrogens with one attached hydrogen (secondary N) is 2. The Kier molecular flexibility index (Phi) is 16.0. The van der Waals surface area contributed by atoms with E-state index >= 15 is 0 Å². The first-order valence-corrected chi connectivity index (χ1v) is 21.1. The molecule has 3 aromatic rings. The van der Waals surface area contributed by atoms with Gasteiger partial charge in [-0.3, -0.25) is 9.78 Å². The van der Waals surface area contributed by atoms with E-state index in [4.69, 9.17) is 19.8 Å². The minimum atomic E-state index is -0.382. The number of carbonyl (C=O) groups is 1. The van der Waals surface area contributed by atoms with Gasteiger partial charge in [0, 0.05) is 72.2 Å². The minimum absolute atomic E-state index is 0.0398. The van der Waals surface area contributed by atoms with Crippen LogP contribution in [0.15, 0.2) is 18.2 Å². The number of rotatable bonds is 9. The number of nitrogens with zero attached hydrogens (tertiary/aromatic N) is 3. The van der Waals surface area contributed by atoms with Crippen LogP contribution in [0.3, 0.4) is 0 Å². The number of amides is 1. The van der Waals surface area contributed by atoms with Crippen LogP contribution in [0.5, 0.6) is 0 Å². The Morgan fingerprint density at radius 3 is 2.17 bits per heavy atom. The Bertz CT molecular complexity index is 1950. The van der Waals surface area contributed by atoms with Gasteiger partial charge >= 0.3 is 0 Å². The standard InChI is InChI=1S/C29H34N4.C13H25NO4S.C2H6/c1-8-20-18(6)27-14-29-21(9-2)17(5)26(32-29)12-22-15(3)10-24(30-22)19(7)25-11-16(4)23(31-25)13-28(20)33-27;1-3-12(17)14(2)5-4-6-19-13-8-10(16)7-11(9-15)18-13;1-2/h11-15,32-33H,8-10H2,1-7H3;10-11,13,15-16H,3-9H2,1-2H3;1-2H3. The molecule has 0 aliphatic carbocycles. The van der Waals surface area contributed by atoms with Crippen molar-refractivity contribution in [2.45, 2.75) is 138 Å². The first kappa shape index (κ1) is 43.3. The van der Waals surface area contributed by atoms with Gasteiger partial charge in [-0.05, 0) is 117 Å². The van der Waals surface area contributed by atoms with Gasteiger partial charge in [-0.25, -0.2) is 4.98 Å². The van der Waals surface area contributed by atoms with E-state index in [2.05, 4.69) is 82.7 Å². The number of allylic oxidation sites excluding steroid dienone is 1. The van der Waals surface area contributed by atoms with Gasteiger partial charge in [0.1, 0.15) is 5.44 Å². The fraction of sp³-hybridized carbons (Fsp3) is 0.568. The Morgan fingerprint density at radius 1 is 0.926 bits per heavy atom. The van der Waals surface area contributed by atoms with Gasteiger partial charge in [0.05, 0.1) is 30.2 Å². The Labute approximate surface area is 327 Å². The summed E-state index contributed by atoms with van der Waals surface area (Å²) in [5.41, 5.74) is 16.8. The third kappa shape index (κ3) is 10.2. The van der Waals surface area contributed by atoms with Crippen LogP contribution in [0.1, 0.15) is 131 Å². The molecule has 296 valence electrons.